The topological polar surface area (TPSA) is 58.8 Å². The summed E-state index contributed by atoms with van der Waals surface area (Å²) in [4.78, 5) is 16.4. The average Bonchev–Trinajstić information content (AvgIpc) is 2.71. The molecule has 1 aliphatic heterocycles. The van der Waals surface area contributed by atoms with Crippen molar-refractivity contribution in [2.75, 3.05) is 39.9 Å². The second-order valence-electron chi connectivity index (χ2n) is 6.93. The van der Waals surface area contributed by atoms with Crippen molar-refractivity contribution in [2.45, 2.75) is 12.1 Å². The Kier molecular flexibility index (Phi) is 10.7. The number of rotatable bonds is 6. The first-order valence-electron chi connectivity index (χ1n) is 9.28. The smallest absolute Gasteiger partial charge is 0.241 e. The lowest BCUT2D eigenvalue weighted by Gasteiger charge is -2.40. The lowest BCUT2D eigenvalue weighted by molar-refractivity contribution is -0.135. The summed E-state index contributed by atoms with van der Waals surface area (Å²) >= 11 is 0. The monoisotopic (exact) mass is 461 g/mol. The number of carbonyl (C=O) groups excluding carboxylic acids is 1. The third kappa shape index (κ3) is 6.36. The van der Waals surface area contributed by atoms with Gasteiger partial charge in [0.2, 0.25) is 5.91 Å². The first-order chi connectivity index (χ1) is 13.5. The van der Waals surface area contributed by atoms with E-state index in [0.29, 0.717) is 26.2 Å². The normalized spacial score (nSPS) is 15.3. The molecule has 30 heavy (non-hydrogen) atoms. The number of nitrogens with zero attached hydrogens (tertiary/aromatic N) is 2. The van der Waals surface area contributed by atoms with Crippen LogP contribution in [-0.2, 0) is 9.53 Å². The van der Waals surface area contributed by atoms with Crippen LogP contribution in [0.2, 0.25) is 0 Å². The van der Waals surface area contributed by atoms with Crippen molar-refractivity contribution in [1.82, 2.24) is 9.80 Å². The van der Waals surface area contributed by atoms with Crippen LogP contribution in [-0.4, -0.2) is 61.6 Å². The highest BCUT2D eigenvalue weighted by Crippen LogP contribution is 2.30. The number of hydrogen-bond acceptors (Lipinski definition) is 4. The van der Waals surface area contributed by atoms with Gasteiger partial charge < -0.3 is 15.4 Å². The van der Waals surface area contributed by atoms with Gasteiger partial charge in [-0.05, 0) is 35.4 Å². The molecule has 1 fully saturated rings. The van der Waals surface area contributed by atoms with Crippen LogP contribution in [0.4, 0.5) is 8.78 Å². The Labute approximate surface area is 188 Å². The molecule has 0 spiro atoms. The fraction of sp³-hybridized carbons (Fsp3) is 0.381. The molecule has 0 aromatic heterocycles. The van der Waals surface area contributed by atoms with E-state index in [1.807, 2.05) is 0 Å². The largest absolute Gasteiger partial charge is 0.383 e. The highest BCUT2D eigenvalue weighted by atomic mass is 35.5. The minimum atomic E-state index is -0.665. The Balaban J connectivity index is 0.00000225. The molecular weight excluding hydrogens is 435 g/mol. The van der Waals surface area contributed by atoms with E-state index in [9.17, 15) is 13.6 Å². The van der Waals surface area contributed by atoms with Crippen LogP contribution in [0.5, 0.6) is 0 Å². The number of hydrogen-bond donors (Lipinski definition) is 1. The molecule has 0 aliphatic carbocycles. The molecule has 1 unspecified atom stereocenters. The molecule has 2 N–H and O–H groups in total. The minimum Gasteiger partial charge on any atom is -0.383 e. The maximum atomic E-state index is 13.4. The predicted octanol–water partition coefficient (Wildman–Crippen LogP) is 3.02. The van der Waals surface area contributed by atoms with Crippen molar-refractivity contribution < 1.29 is 18.3 Å². The Morgan fingerprint density at radius 1 is 0.933 bits per heavy atom. The molecule has 3 rings (SSSR count). The van der Waals surface area contributed by atoms with Crippen molar-refractivity contribution >= 4 is 30.7 Å². The lowest BCUT2D eigenvalue weighted by Crippen LogP contribution is -2.54. The molecule has 0 saturated carbocycles. The summed E-state index contributed by atoms with van der Waals surface area (Å²) < 4.78 is 31.8. The molecule has 2 aromatic carbocycles. The van der Waals surface area contributed by atoms with Gasteiger partial charge in [-0.1, -0.05) is 24.3 Å². The predicted molar refractivity (Wildman–Crippen MR) is 117 cm³/mol. The third-order valence-corrected chi connectivity index (χ3v) is 5.03. The second kappa shape index (κ2) is 12.2. The second-order valence-corrected chi connectivity index (χ2v) is 6.93. The van der Waals surface area contributed by atoms with Crippen LogP contribution < -0.4 is 5.73 Å². The number of amides is 1. The van der Waals surface area contributed by atoms with Crippen molar-refractivity contribution in [1.29, 1.82) is 0 Å². The Morgan fingerprint density at radius 2 is 1.37 bits per heavy atom. The van der Waals surface area contributed by atoms with Crippen LogP contribution >= 0.6 is 24.8 Å². The van der Waals surface area contributed by atoms with E-state index in [1.54, 1.807) is 29.2 Å². The standard InChI is InChI=1S/C21H25F2N3O2.2ClH/c1-28-14-19(24)21(27)26-12-10-25(11-13-26)20(15-2-6-17(22)7-3-15)16-4-8-18(23)9-5-16;;/h2-9,19-20H,10-14,24H2,1H3;2*1H. The zero-order valence-electron chi connectivity index (χ0n) is 16.7. The molecule has 1 saturated heterocycles. The van der Waals surface area contributed by atoms with E-state index in [1.165, 1.54) is 31.4 Å². The van der Waals surface area contributed by atoms with Gasteiger partial charge in [0.25, 0.3) is 0 Å². The zero-order valence-corrected chi connectivity index (χ0v) is 18.3. The molecule has 2 aromatic rings. The summed E-state index contributed by atoms with van der Waals surface area (Å²) in [6, 6.07) is 11.9. The number of benzene rings is 2. The highest BCUT2D eigenvalue weighted by molar-refractivity contribution is 5.85. The van der Waals surface area contributed by atoms with E-state index in [-0.39, 0.29) is 55.0 Å². The van der Waals surface area contributed by atoms with Gasteiger partial charge in [-0.2, -0.15) is 0 Å². The van der Waals surface area contributed by atoms with Crippen LogP contribution in [0.1, 0.15) is 17.2 Å². The Morgan fingerprint density at radius 3 is 1.77 bits per heavy atom. The van der Waals surface area contributed by atoms with Gasteiger partial charge in [0.1, 0.15) is 17.7 Å². The van der Waals surface area contributed by atoms with Gasteiger partial charge in [0.15, 0.2) is 0 Å². The van der Waals surface area contributed by atoms with Crippen LogP contribution in [0.15, 0.2) is 48.5 Å². The van der Waals surface area contributed by atoms with Crippen LogP contribution in [0.3, 0.4) is 0 Å². The number of methoxy groups -OCH3 is 1. The molecular formula is C21H27Cl2F2N3O2. The Hall–Kier alpha value is -1.77. The number of carbonyl (C=O) groups is 1. The van der Waals surface area contributed by atoms with E-state index in [0.717, 1.165) is 11.1 Å². The van der Waals surface area contributed by atoms with Gasteiger partial charge in [-0.25, -0.2) is 8.78 Å². The minimum absolute atomic E-state index is 0. The lowest BCUT2D eigenvalue weighted by atomic mass is 9.96. The van der Waals surface area contributed by atoms with Gasteiger partial charge in [-0.3, -0.25) is 9.69 Å². The molecule has 1 atom stereocenters. The maximum absolute atomic E-state index is 13.4. The summed E-state index contributed by atoms with van der Waals surface area (Å²) in [5.74, 6) is -0.727. The van der Waals surface area contributed by atoms with Gasteiger partial charge in [0.05, 0.1) is 12.6 Å². The molecule has 5 nitrogen and oxygen atoms in total. The molecule has 0 bridgehead atoms. The van der Waals surface area contributed by atoms with Gasteiger partial charge in [-0.15, -0.1) is 24.8 Å². The summed E-state index contributed by atoms with van der Waals surface area (Å²) in [5.41, 5.74) is 7.70. The molecule has 0 radical (unpaired) electrons. The van der Waals surface area contributed by atoms with Gasteiger partial charge in [0, 0.05) is 33.3 Å². The van der Waals surface area contributed by atoms with E-state index < -0.39 is 6.04 Å². The highest BCUT2D eigenvalue weighted by Gasteiger charge is 2.30. The van der Waals surface area contributed by atoms with E-state index in [4.69, 9.17) is 10.5 Å². The molecule has 1 aliphatic rings. The summed E-state index contributed by atoms with van der Waals surface area (Å²) in [6.45, 7) is 2.52. The Bertz CT molecular complexity index is 740. The summed E-state index contributed by atoms with van der Waals surface area (Å²) in [7, 11) is 1.51. The quantitative estimate of drug-likeness (QED) is 0.717. The molecule has 1 heterocycles. The van der Waals surface area contributed by atoms with Gasteiger partial charge >= 0.3 is 0 Å². The molecule has 1 amide bonds. The average molecular weight is 462 g/mol. The summed E-state index contributed by atoms with van der Waals surface area (Å²) in [5, 5.41) is 0. The SMILES string of the molecule is COCC(N)C(=O)N1CCN(C(c2ccc(F)cc2)c2ccc(F)cc2)CC1.Cl.Cl. The fourth-order valence-electron chi connectivity index (χ4n) is 3.59. The van der Waals surface area contributed by atoms with Crippen molar-refractivity contribution in [2.24, 2.45) is 5.73 Å². The number of ether oxygens (including phenoxy) is 1. The summed E-state index contributed by atoms with van der Waals surface area (Å²) in [6.07, 6.45) is 0. The first kappa shape index (κ1) is 26.3. The van der Waals surface area contributed by atoms with E-state index in [2.05, 4.69) is 4.90 Å². The van der Waals surface area contributed by atoms with Crippen LogP contribution in [0, 0.1) is 11.6 Å². The number of halogens is 4. The zero-order chi connectivity index (χ0) is 20.1. The fourth-order valence-corrected chi connectivity index (χ4v) is 3.59. The van der Waals surface area contributed by atoms with E-state index >= 15 is 0 Å². The first-order valence-corrected chi connectivity index (χ1v) is 9.28. The number of nitrogens with two attached hydrogens (primary N) is 1. The molecule has 9 heteroatoms. The van der Waals surface area contributed by atoms with Crippen molar-refractivity contribution in [3.05, 3.63) is 71.3 Å². The number of piperazine rings is 1. The van der Waals surface area contributed by atoms with Crippen molar-refractivity contribution in [3.8, 4) is 0 Å². The third-order valence-electron chi connectivity index (χ3n) is 5.03. The maximum Gasteiger partial charge on any atom is 0.241 e. The molecule has 166 valence electrons. The van der Waals surface area contributed by atoms with Crippen molar-refractivity contribution in [3.63, 3.8) is 0 Å². The van der Waals surface area contributed by atoms with Crippen LogP contribution in [0.25, 0.3) is 0 Å².